The van der Waals surface area contributed by atoms with Crippen molar-refractivity contribution in [3.05, 3.63) is 23.3 Å². The van der Waals surface area contributed by atoms with Crippen LogP contribution < -0.4 is 4.74 Å². The maximum atomic E-state index is 12.9. The summed E-state index contributed by atoms with van der Waals surface area (Å²) in [6.07, 6.45) is 4.19. The summed E-state index contributed by atoms with van der Waals surface area (Å²) in [6.45, 7) is 10.4. The topological polar surface area (TPSA) is 83.9 Å². The standard InChI is InChI=1S/C29H38N2O6/c1-25(2)22-31-23(26(3,4)35-22)37-28(24(31)36-25)9-10-29(33)18-13-16-7-8-17(32)20-19(16)27(29,21(28)34-20)11-12-30(18)14-15-5-6-15/h7-8,15,18,21-24,32-33H,5-6,9-14H2,1-4H3/t18-,21-,22+,23+,24+,27+,28+,29-/m0/s1. The van der Waals surface area contributed by atoms with Crippen LogP contribution in [0.1, 0.15) is 70.9 Å². The number of hydrogen-bond donors (Lipinski definition) is 2. The summed E-state index contributed by atoms with van der Waals surface area (Å²) in [6, 6.07) is 3.88. The maximum absolute atomic E-state index is 12.9. The summed E-state index contributed by atoms with van der Waals surface area (Å²) in [7, 11) is 0. The van der Waals surface area contributed by atoms with E-state index >= 15 is 0 Å². The lowest BCUT2D eigenvalue weighted by Gasteiger charge is -2.66. The molecule has 0 aromatic heterocycles. The molecule has 8 heteroatoms. The molecule has 2 bridgehead atoms. The van der Waals surface area contributed by atoms with Crippen molar-refractivity contribution in [2.45, 2.75) is 125 Å². The van der Waals surface area contributed by atoms with Gasteiger partial charge in [0.1, 0.15) is 41.6 Å². The van der Waals surface area contributed by atoms with Gasteiger partial charge in [-0.3, -0.25) is 4.90 Å². The number of phenolic OH excluding ortho intramolecular Hbond substituents is 1. The van der Waals surface area contributed by atoms with Crippen LogP contribution in [0.3, 0.4) is 0 Å². The molecule has 8 aliphatic rings. The SMILES string of the molecule is CC1(C)O[C@H]2N3[C@@H]1O[C@@]1(CC[C@]4(O)[C@@H]5Cc6ccc(O)c7c6[C@]4(CCN5CC4CC4)[C@@H]1O7)[C@H]3OC2(C)C. The minimum Gasteiger partial charge on any atom is -0.504 e. The van der Waals surface area contributed by atoms with E-state index in [1.807, 2.05) is 0 Å². The number of piperidine rings is 1. The molecule has 3 aliphatic carbocycles. The van der Waals surface area contributed by atoms with Crippen molar-refractivity contribution in [1.29, 1.82) is 0 Å². The molecule has 2 N–H and O–H groups in total. The molecular formula is C29H38N2O6. The Morgan fingerprint density at radius 3 is 2.43 bits per heavy atom. The molecule has 0 radical (unpaired) electrons. The Kier molecular flexibility index (Phi) is 3.82. The van der Waals surface area contributed by atoms with Gasteiger partial charge >= 0.3 is 0 Å². The molecule has 1 aromatic carbocycles. The fraction of sp³-hybridized carbons (Fsp3) is 0.793. The quantitative estimate of drug-likeness (QED) is 0.629. The van der Waals surface area contributed by atoms with Gasteiger partial charge in [-0.1, -0.05) is 6.07 Å². The third-order valence-corrected chi connectivity index (χ3v) is 11.4. The van der Waals surface area contributed by atoms with Gasteiger partial charge in [-0.05, 0) is 90.3 Å². The molecule has 9 rings (SSSR count). The molecule has 37 heavy (non-hydrogen) atoms. The minimum atomic E-state index is -0.946. The number of rotatable bonds is 2. The number of aliphatic hydroxyl groups is 1. The molecule has 2 spiro atoms. The van der Waals surface area contributed by atoms with Gasteiger partial charge in [-0.25, -0.2) is 4.90 Å². The van der Waals surface area contributed by atoms with E-state index in [1.165, 1.54) is 18.4 Å². The van der Waals surface area contributed by atoms with Crippen molar-refractivity contribution in [1.82, 2.24) is 9.80 Å². The first-order valence-electron chi connectivity index (χ1n) is 14.3. The van der Waals surface area contributed by atoms with Crippen molar-refractivity contribution in [3.63, 3.8) is 0 Å². The van der Waals surface area contributed by atoms with Crippen LogP contribution in [0.5, 0.6) is 11.5 Å². The number of likely N-dealkylation sites (tertiary alicyclic amines) is 1. The highest BCUT2D eigenvalue weighted by Crippen LogP contribution is 2.70. The second-order valence-corrected chi connectivity index (χ2v) is 14.3. The van der Waals surface area contributed by atoms with Gasteiger partial charge in [0.25, 0.3) is 0 Å². The molecular weight excluding hydrogens is 472 g/mol. The van der Waals surface area contributed by atoms with Gasteiger partial charge in [0.15, 0.2) is 11.5 Å². The van der Waals surface area contributed by atoms with E-state index < -0.39 is 33.9 Å². The van der Waals surface area contributed by atoms with Crippen LogP contribution in [-0.2, 0) is 26.0 Å². The van der Waals surface area contributed by atoms with E-state index in [9.17, 15) is 10.2 Å². The van der Waals surface area contributed by atoms with Crippen LogP contribution in [0.25, 0.3) is 0 Å². The highest BCUT2D eigenvalue weighted by molar-refractivity contribution is 5.63. The smallest absolute Gasteiger partial charge is 0.165 e. The second kappa shape index (κ2) is 6.31. The van der Waals surface area contributed by atoms with Gasteiger partial charge < -0.3 is 29.2 Å². The molecule has 5 heterocycles. The van der Waals surface area contributed by atoms with Crippen molar-refractivity contribution in [2.75, 3.05) is 13.1 Å². The normalized spacial score (nSPS) is 49.8. The average molecular weight is 511 g/mol. The first-order valence-corrected chi connectivity index (χ1v) is 14.3. The number of aromatic hydroxyl groups is 1. The highest BCUT2D eigenvalue weighted by Gasteiger charge is 2.83. The van der Waals surface area contributed by atoms with Crippen molar-refractivity contribution < 1.29 is 29.2 Å². The third kappa shape index (κ3) is 2.33. The summed E-state index contributed by atoms with van der Waals surface area (Å²) < 4.78 is 27.3. The van der Waals surface area contributed by atoms with Gasteiger partial charge in [-0.2, -0.15) is 0 Å². The monoisotopic (exact) mass is 510 g/mol. The number of fused-ring (bicyclic) bond motifs is 2. The van der Waals surface area contributed by atoms with Gasteiger partial charge in [0.2, 0.25) is 0 Å². The molecule has 5 aliphatic heterocycles. The molecule has 8 nitrogen and oxygen atoms in total. The van der Waals surface area contributed by atoms with Crippen molar-refractivity contribution in [3.8, 4) is 11.5 Å². The molecule has 8 atom stereocenters. The van der Waals surface area contributed by atoms with Crippen LogP contribution in [0, 0.1) is 5.92 Å². The fourth-order valence-corrected chi connectivity index (χ4v) is 9.75. The summed E-state index contributed by atoms with van der Waals surface area (Å²) in [5.41, 5.74) is -1.13. The predicted molar refractivity (Wildman–Crippen MR) is 132 cm³/mol. The number of nitrogens with zero attached hydrogens (tertiary/aromatic N) is 2. The molecule has 200 valence electrons. The van der Waals surface area contributed by atoms with Crippen LogP contribution in [0.2, 0.25) is 0 Å². The highest BCUT2D eigenvalue weighted by atomic mass is 16.7. The Balaban J connectivity index is 1.23. The number of phenols is 1. The Morgan fingerprint density at radius 2 is 1.68 bits per heavy atom. The number of benzene rings is 1. The van der Waals surface area contributed by atoms with E-state index in [0.29, 0.717) is 18.6 Å². The first kappa shape index (κ1) is 22.4. The van der Waals surface area contributed by atoms with Crippen LogP contribution in [0.4, 0.5) is 0 Å². The zero-order chi connectivity index (χ0) is 25.3. The van der Waals surface area contributed by atoms with Crippen molar-refractivity contribution in [2.24, 2.45) is 5.92 Å². The van der Waals surface area contributed by atoms with Crippen LogP contribution in [0.15, 0.2) is 12.1 Å². The molecule has 6 fully saturated rings. The largest absolute Gasteiger partial charge is 0.504 e. The van der Waals surface area contributed by atoms with Crippen LogP contribution >= 0.6 is 0 Å². The Hall–Kier alpha value is -1.42. The van der Waals surface area contributed by atoms with Crippen LogP contribution in [-0.4, -0.2) is 86.3 Å². The molecule has 0 unspecified atom stereocenters. The molecule has 4 saturated heterocycles. The van der Waals surface area contributed by atoms with Gasteiger partial charge in [-0.15, -0.1) is 0 Å². The number of ether oxygens (including phenoxy) is 4. The summed E-state index contributed by atoms with van der Waals surface area (Å²) in [5, 5.41) is 23.9. The zero-order valence-electron chi connectivity index (χ0n) is 22.2. The molecule has 1 aromatic rings. The minimum absolute atomic E-state index is 0.0444. The van der Waals surface area contributed by atoms with E-state index in [-0.39, 0.29) is 30.5 Å². The summed E-state index contributed by atoms with van der Waals surface area (Å²) in [5.74, 6) is 1.47. The van der Waals surface area contributed by atoms with Gasteiger partial charge in [0, 0.05) is 18.2 Å². The fourth-order valence-electron chi connectivity index (χ4n) is 9.75. The van der Waals surface area contributed by atoms with E-state index in [1.54, 1.807) is 6.07 Å². The van der Waals surface area contributed by atoms with Gasteiger partial charge in [0.05, 0.1) is 11.0 Å². The van der Waals surface area contributed by atoms with E-state index in [0.717, 1.165) is 37.4 Å². The Bertz CT molecular complexity index is 1230. The summed E-state index contributed by atoms with van der Waals surface area (Å²) >= 11 is 0. The maximum Gasteiger partial charge on any atom is 0.165 e. The second-order valence-electron chi connectivity index (χ2n) is 14.3. The average Bonchev–Trinajstić information content (AvgIpc) is 3.29. The van der Waals surface area contributed by atoms with E-state index in [4.69, 9.17) is 18.9 Å². The number of hydrogen-bond acceptors (Lipinski definition) is 8. The lowest BCUT2D eigenvalue weighted by atomic mass is 9.46. The zero-order valence-corrected chi connectivity index (χ0v) is 22.2. The summed E-state index contributed by atoms with van der Waals surface area (Å²) in [4.78, 5) is 4.86. The van der Waals surface area contributed by atoms with E-state index in [2.05, 4.69) is 43.6 Å². The first-order chi connectivity index (χ1) is 17.5. The molecule has 2 saturated carbocycles. The molecule has 0 amide bonds. The lowest BCUT2D eigenvalue weighted by molar-refractivity contribution is -0.267. The predicted octanol–water partition coefficient (Wildman–Crippen LogP) is 2.62. The third-order valence-electron chi connectivity index (χ3n) is 11.4. The Labute approximate surface area is 217 Å². The lowest BCUT2D eigenvalue weighted by Crippen LogP contribution is -2.80. The Morgan fingerprint density at radius 1 is 0.946 bits per heavy atom. The van der Waals surface area contributed by atoms with Crippen molar-refractivity contribution >= 4 is 0 Å².